The first-order chi connectivity index (χ1) is 13.0. The fourth-order valence-corrected chi connectivity index (χ4v) is 4.29. The molecule has 0 saturated heterocycles. The Labute approximate surface area is 160 Å². The number of fused-ring (bicyclic) bond motifs is 1. The number of benzene rings is 1. The highest BCUT2D eigenvalue weighted by molar-refractivity contribution is 5.83. The van der Waals surface area contributed by atoms with Gasteiger partial charge < -0.3 is 15.2 Å². The summed E-state index contributed by atoms with van der Waals surface area (Å²) >= 11 is 0. The number of aromatic amines is 1. The predicted octanol–water partition coefficient (Wildman–Crippen LogP) is 4.15. The predicted molar refractivity (Wildman–Crippen MR) is 108 cm³/mol. The van der Waals surface area contributed by atoms with E-state index in [4.69, 9.17) is 0 Å². The first kappa shape index (κ1) is 18.1. The Morgan fingerprint density at radius 3 is 2.56 bits per heavy atom. The van der Waals surface area contributed by atoms with E-state index in [1.165, 1.54) is 24.8 Å². The summed E-state index contributed by atoms with van der Waals surface area (Å²) in [6.07, 6.45) is 7.85. The molecular formula is C22H29N3O2. The maximum atomic E-state index is 12.9. The van der Waals surface area contributed by atoms with Crippen molar-refractivity contribution >= 4 is 16.9 Å². The van der Waals surface area contributed by atoms with E-state index in [1.54, 1.807) is 0 Å². The molecule has 1 aromatic heterocycles. The Morgan fingerprint density at radius 2 is 1.85 bits per heavy atom. The number of urea groups is 1. The number of nitrogens with one attached hydrogen (secondary N) is 2. The zero-order chi connectivity index (χ0) is 19.0. The quantitative estimate of drug-likeness (QED) is 0.852. The number of amides is 2. The maximum absolute atomic E-state index is 12.9. The van der Waals surface area contributed by atoms with Crippen LogP contribution in [-0.2, 0) is 6.54 Å². The second-order valence-corrected chi connectivity index (χ2v) is 8.31. The lowest BCUT2D eigenvalue weighted by Gasteiger charge is -2.28. The molecule has 4 rings (SSSR count). The molecule has 2 fully saturated rings. The van der Waals surface area contributed by atoms with Gasteiger partial charge >= 0.3 is 6.03 Å². The van der Waals surface area contributed by atoms with Crippen LogP contribution in [0, 0.1) is 13.8 Å². The third-order valence-corrected chi connectivity index (χ3v) is 5.89. The normalized spacial score (nSPS) is 17.9. The van der Waals surface area contributed by atoms with E-state index in [2.05, 4.69) is 29.4 Å². The summed E-state index contributed by atoms with van der Waals surface area (Å²) in [5, 5.41) is 4.24. The molecule has 5 nitrogen and oxygen atoms in total. The summed E-state index contributed by atoms with van der Waals surface area (Å²) in [6.45, 7) is 4.45. The minimum atomic E-state index is -0.0921. The van der Waals surface area contributed by atoms with Gasteiger partial charge in [0, 0.05) is 17.6 Å². The summed E-state index contributed by atoms with van der Waals surface area (Å²) in [4.78, 5) is 30.4. The standard InChI is InChI=1S/C22H29N3O2/c1-14-10-15(2)20-16(11-14)12-17(21(26)24-20)13-25(19-8-9-19)22(27)23-18-6-4-3-5-7-18/h10-12,18-19H,3-9,13H2,1-2H3,(H,23,27)(H,24,26). The van der Waals surface area contributed by atoms with Crippen LogP contribution in [0.25, 0.3) is 10.9 Å². The molecule has 0 radical (unpaired) electrons. The minimum absolute atomic E-state index is 0.00989. The third kappa shape index (κ3) is 4.02. The molecule has 0 unspecified atom stereocenters. The second-order valence-electron chi connectivity index (χ2n) is 8.31. The van der Waals surface area contributed by atoms with E-state index in [9.17, 15) is 9.59 Å². The number of rotatable bonds is 4. The largest absolute Gasteiger partial charge is 0.335 e. The van der Waals surface area contributed by atoms with Crippen molar-refractivity contribution in [2.24, 2.45) is 0 Å². The van der Waals surface area contributed by atoms with Crippen LogP contribution < -0.4 is 10.9 Å². The first-order valence-corrected chi connectivity index (χ1v) is 10.2. The monoisotopic (exact) mass is 367 g/mol. The molecule has 144 valence electrons. The molecule has 2 saturated carbocycles. The molecule has 1 heterocycles. The summed E-state index contributed by atoms with van der Waals surface area (Å²) in [5.74, 6) is 0. The van der Waals surface area contributed by atoms with Crippen LogP contribution in [0.2, 0.25) is 0 Å². The topological polar surface area (TPSA) is 65.2 Å². The van der Waals surface area contributed by atoms with Crippen LogP contribution in [0.15, 0.2) is 23.0 Å². The average molecular weight is 367 g/mol. The lowest BCUT2D eigenvalue weighted by Crippen LogP contribution is -2.46. The molecular weight excluding hydrogens is 338 g/mol. The van der Waals surface area contributed by atoms with Crippen LogP contribution in [0.3, 0.4) is 0 Å². The van der Waals surface area contributed by atoms with Crippen LogP contribution in [0.1, 0.15) is 61.6 Å². The fourth-order valence-electron chi connectivity index (χ4n) is 4.29. The van der Waals surface area contributed by atoms with Gasteiger partial charge in [0.1, 0.15) is 0 Å². The molecule has 0 atom stereocenters. The number of pyridine rings is 1. The lowest BCUT2D eigenvalue weighted by molar-refractivity contribution is 0.184. The highest BCUT2D eigenvalue weighted by Gasteiger charge is 2.34. The smallest absolute Gasteiger partial charge is 0.318 e. The molecule has 0 bridgehead atoms. The van der Waals surface area contributed by atoms with Crippen molar-refractivity contribution < 1.29 is 4.79 Å². The second kappa shape index (κ2) is 7.37. The van der Waals surface area contributed by atoms with Crippen LogP contribution >= 0.6 is 0 Å². The molecule has 5 heteroatoms. The Bertz CT molecular complexity index is 908. The number of carbonyl (C=O) groups excluding carboxylic acids is 1. The van der Waals surface area contributed by atoms with Crippen molar-refractivity contribution in [3.05, 3.63) is 45.2 Å². The van der Waals surface area contributed by atoms with Gasteiger partial charge in [-0.2, -0.15) is 0 Å². The fraction of sp³-hybridized carbons (Fsp3) is 0.545. The molecule has 2 aliphatic rings. The lowest BCUT2D eigenvalue weighted by atomic mass is 9.96. The van der Waals surface area contributed by atoms with Crippen LogP contribution in [0.4, 0.5) is 4.79 Å². The van der Waals surface area contributed by atoms with Gasteiger partial charge in [-0.05, 0) is 62.6 Å². The Balaban J connectivity index is 1.57. The van der Waals surface area contributed by atoms with Gasteiger partial charge in [-0.1, -0.05) is 30.9 Å². The maximum Gasteiger partial charge on any atom is 0.318 e. The number of H-pyrrole nitrogens is 1. The highest BCUT2D eigenvalue weighted by atomic mass is 16.2. The minimum Gasteiger partial charge on any atom is -0.335 e. The van der Waals surface area contributed by atoms with Gasteiger partial charge in [0.25, 0.3) is 5.56 Å². The van der Waals surface area contributed by atoms with Crippen molar-refractivity contribution in [3.63, 3.8) is 0 Å². The van der Waals surface area contributed by atoms with E-state index < -0.39 is 0 Å². The van der Waals surface area contributed by atoms with E-state index >= 15 is 0 Å². The number of nitrogens with zero attached hydrogens (tertiary/aromatic N) is 1. The van der Waals surface area contributed by atoms with Gasteiger partial charge in [-0.25, -0.2) is 4.79 Å². The number of hydrogen-bond donors (Lipinski definition) is 2. The van der Waals surface area contributed by atoms with Gasteiger partial charge in [0.15, 0.2) is 0 Å². The van der Waals surface area contributed by atoms with Gasteiger partial charge in [-0.3, -0.25) is 4.79 Å². The molecule has 0 spiro atoms. The number of aromatic nitrogens is 1. The van der Waals surface area contributed by atoms with Crippen molar-refractivity contribution in [2.75, 3.05) is 0 Å². The summed E-state index contributed by atoms with van der Waals surface area (Å²) in [6, 6.07) is 6.66. The summed E-state index contributed by atoms with van der Waals surface area (Å²) < 4.78 is 0. The van der Waals surface area contributed by atoms with Gasteiger partial charge in [0.2, 0.25) is 0 Å². The van der Waals surface area contributed by atoms with E-state index in [1.807, 2.05) is 17.9 Å². The first-order valence-electron chi connectivity index (χ1n) is 10.2. The van der Waals surface area contributed by atoms with Crippen molar-refractivity contribution in [2.45, 2.75) is 77.4 Å². The summed E-state index contributed by atoms with van der Waals surface area (Å²) in [5.41, 5.74) is 3.71. The molecule has 2 amide bonds. The van der Waals surface area contributed by atoms with Crippen LogP contribution in [-0.4, -0.2) is 28.0 Å². The number of aryl methyl sites for hydroxylation is 2. The third-order valence-electron chi connectivity index (χ3n) is 5.89. The number of hydrogen-bond acceptors (Lipinski definition) is 2. The zero-order valence-electron chi connectivity index (χ0n) is 16.3. The van der Waals surface area contributed by atoms with E-state index in [0.29, 0.717) is 12.1 Å². The molecule has 2 aromatic rings. The van der Waals surface area contributed by atoms with E-state index in [-0.39, 0.29) is 23.7 Å². The van der Waals surface area contributed by atoms with Gasteiger partial charge in [-0.15, -0.1) is 0 Å². The Kier molecular flexibility index (Phi) is 4.94. The molecule has 0 aliphatic heterocycles. The number of carbonyl (C=O) groups is 1. The highest BCUT2D eigenvalue weighted by Crippen LogP contribution is 2.29. The van der Waals surface area contributed by atoms with Crippen molar-refractivity contribution in [1.29, 1.82) is 0 Å². The van der Waals surface area contributed by atoms with Crippen LogP contribution in [0.5, 0.6) is 0 Å². The Hall–Kier alpha value is -2.30. The zero-order valence-corrected chi connectivity index (χ0v) is 16.3. The van der Waals surface area contributed by atoms with Crippen molar-refractivity contribution in [1.82, 2.24) is 15.2 Å². The SMILES string of the molecule is Cc1cc(C)c2[nH]c(=O)c(CN(C(=O)NC3CCCCC3)C3CC3)cc2c1. The molecule has 1 aromatic carbocycles. The summed E-state index contributed by atoms with van der Waals surface area (Å²) in [7, 11) is 0. The molecule has 27 heavy (non-hydrogen) atoms. The molecule has 2 aliphatic carbocycles. The Morgan fingerprint density at radius 1 is 1.11 bits per heavy atom. The van der Waals surface area contributed by atoms with Crippen molar-refractivity contribution in [3.8, 4) is 0 Å². The van der Waals surface area contributed by atoms with Gasteiger partial charge in [0.05, 0.1) is 12.1 Å². The molecule has 2 N–H and O–H groups in total. The van der Waals surface area contributed by atoms with E-state index in [0.717, 1.165) is 42.1 Å². The average Bonchev–Trinajstić information content (AvgIpc) is 3.46.